The van der Waals surface area contributed by atoms with Gasteiger partial charge in [-0.1, -0.05) is 68.1 Å². The topological polar surface area (TPSA) is 96.7 Å². The molecule has 5 atom stereocenters. The van der Waals surface area contributed by atoms with Crippen molar-refractivity contribution in [3.05, 3.63) is 65.2 Å². The third-order valence-electron chi connectivity index (χ3n) is 9.00. The van der Waals surface area contributed by atoms with Crippen LogP contribution in [0.15, 0.2) is 48.5 Å². The number of unbranched alkanes of at least 4 members (excludes halogenated alkanes) is 4. The average molecular weight is 592 g/mol. The molecule has 3 rings (SSSR count). The molecule has 1 aliphatic rings. The Hall–Kier alpha value is -2.83. The van der Waals surface area contributed by atoms with Gasteiger partial charge in [0.05, 0.1) is 24.7 Å². The molecule has 0 heterocycles. The molecule has 2 aromatic carbocycles. The second-order valence-electron chi connectivity index (χ2n) is 12.4. The second-order valence-corrected chi connectivity index (χ2v) is 12.4. The monoisotopic (exact) mass is 591 g/mol. The van der Waals surface area contributed by atoms with Gasteiger partial charge in [0, 0.05) is 37.6 Å². The maximum Gasteiger partial charge on any atom is 0.162 e. The highest BCUT2D eigenvalue weighted by atomic mass is 16.5. The fourth-order valence-corrected chi connectivity index (χ4v) is 6.38. The number of aliphatic hydroxyl groups is 1. The van der Waals surface area contributed by atoms with Gasteiger partial charge in [-0.3, -0.25) is 9.59 Å². The Morgan fingerprint density at radius 2 is 1.70 bits per heavy atom. The minimum absolute atomic E-state index is 0.0309. The first-order chi connectivity index (χ1) is 20.9. The smallest absolute Gasteiger partial charge is 0.162 e. The van der Waals surface area contributed by atoms with Crippen LogP contribution >= 0.6 is 0 Å². The first-order valence-corrected chi connectivity index (χ1v) is 16.4. The summed E-state index contributed by atoms with van der Waals surface area (Å²) in [5, 5.41) is 18.4. The first-order valence-electron chi connectivity index (χ1n) is 16.4. The number of hydrogen-bond donors (Lipinski definition) is 2. The van der Waals surface area contributed by atoms with Crippen LogP contribution in [-0.4, -0.2) is 42.7 Å². The van der Waals surface area contributed by atoms with Crippen LogP contribution in [0, 0.1) is 30.1 Å². The summed E-state index contributed by atoms with van der Waals surface area (Å²) in [6.45, 7) is 4.89. The summed E-state index contributed by atoms with van der Waals surface area (Å²) in [5.41, 5.74) is 2.80. The van der Waals surface area contributed by atoms with Crippen molar-refractivity contribution >= 4 is 17.8 Å². The van der Waals surface area contributed by atoms with E-state index in [1.54, 1.807) is 7.11 Å². The molecule has 0 radical (unpaired) electrons. The molecule has 1 fully saturated rings. The number of carbonyl (C=O) groups is 2. The van der Waals surface area contributed by atoms with Crippen LogP contribution in [0.25, 0.3) is 0 Å². The maximum atomic E-state index is 13.6. The molecule has 1 saturated carbocycles. The Morgan fingerprint density at radius 1 is 0.977 bits per heavy atom. The van der Waals surface area contributed by atoms with Crippen LogP contribution < -0.4 is 4.74 Å². The van der Waals surface area contributed by atoms with Crippen molar-refractivity contribution in [3.8, 4) is 5.75 Å². The molecule has 2 N–H and O–H groups in total. The molecule has 5 unspecified atom stereocenters. The average Bonchev–Trinajstić information content (AvgIpc) is 3.44. The van der Waals surface area contributed by atoms with Crippen LogP contribution in [0.5, 0.6) is 5.75 Å². The van der Waals surface area contributed by atoms with Gasteiger partial charge in [-0.05, 0) is 81.9 Å². The molecule has 0 aromatic heterocycles. The van der Waals surface area contributed by atoms with E-state index in [2.05, 4.69) is 6.92 Å². The molecule has 1 aliphatic carbocycles. The first kappa shape index (κ1) is 34.7. The summed E-state index contributed by atoms with van der Waals surface area (Å²) in [6.07, 6.45) is 11.6. The number of ketones is 2. The van der Waals surface area contributed by atoms with Crippen molar-refractivity contribution in [3.63, 3.8) is 0 Å². The SMILES string of the molecule is CCCCCCOc1ccc(C(OC)C(CCC2CCC(O)C2)C(C=N)C(=O)CCCCC(=O)c2ccc(C)cc2)cc1. The molecule has 2 aromatic rings. The number of ether oxygens (including phenoxy) is 2. The normalized spacial score (nSPS) is 18.6. The molecule has 0 amide bonds. The quantitative estimate of drug-likeness (QED) is 0.0862. The molecule has 43 heavy (non-hydrogen) atoms. The van der Waals surface area contributed by atoms with E-state index < -0.39 is 5.92 Å². The summed E-state index contributed by atoms with van der Waals surface area (Å²) in [6, 6.07) is 15.6. The van der Waals surface area contributed by atoms with Crippen LogP contribution in [-0.2, 0) is 9.53 Å². The Labute approximate surface area is 259 Å². The molecule has 0 bridgehead atoms. The van der Waals surface area contributed by atoms with E-state index in [1.807, 2.05) is 55.5 Å². The highest BCUT2D eigenvalue weighted by Gasteiger charge is 2.35. The summed E-state index contributed by atoms with van der Waals surface area (Å²) in [5.74, 6) is 0.615. The summed E-state index contributed by atoms with van der Waals surface area (Å²) >= 11 is 0. The molecule has 6 nitrogen and oxygen atoms in total. The van der Waals surface area contributed by atoms with Gasteiger partial charge in [0.25, 0.3) is 0 Å². The summed E-state index contributed by atoms with van der Waals surface area (Å²) in [7, 11) is 1.68. The van der Waals surface area contributed by atoms with Crippen LogP contribution in [0.1, 0.15) is 118 Å². The number of methoxy groups -OCH3 is 1. The van der Waals surface area contributed by atoms with Gasteiger partial charge in [0.15, 0.2) is 5.78 Å². The maximum absolute atomic E-state index is 13.6. The lowest BCUT2D eigenvalue weighted by atomic mass is 9.77. The number of aryl methyl sites for hydroxylation is 1. The second kappa shape index (κ2) is 18.7. The van der Waals surface area contributed by atoms with E-state index in [9.17, 15) is 14.7 Å². The molecular formula is C37H53NO5. The Bertz CT molecular complexity index is 1110. The number of rotatable bonds is 21. The van der Waals surface area contributed by atoms with Gasteiger partial charge < -0.3 is 20.0 Å². The predicted molar refractivity (Wildman–Crippen MR) is 173 cm³/mol. The van der Waals surface area contributed by atoms with Gasteiger partial charge >= 0.3 is 0 Å². The lowest BCUT2D eigenvalue weighted by molar-refractivity contribution is -0.124. The largest absolute Gasteiger partial charge is 0.494 e. The molecule has 6 heteroatoms. The zero-order valence-electron chi connectivity index (χ0n) is 26.6. The van der Waals surface area contributed by atoms with Gasteiger partial charge in [-0.15, -0.1) is 0 Å². The van der Waals surface area contributed by atoms with Crippen molar-refractivity contribution in [1.29, 1.82) is 5.41 Å². The standard InChI is InChI=1S/C37H53NO5/c1-4-5-6-9-24-43-32-21-18-30(19-22-32)37(42-3)33(23-15-28-14-20-31(39)25-28)34(26-38)36(41)11-8-7-10-35(40)29-16-12-27(2)13-17-29/h12-13,16-19,21-22,26,28,31,33-34,37-39H,4-11,14-15,20,23-25H2,1-3H3. The van der Waals surface area contributed by atoms with Gasteiger partial charge in [-0.2, -0.15) is 0 Å². The highest BCUT2D eigenvalue weighted by Crippen LogP contribution is 2.39. The Kier molecular flexibility index (Phi) is 15.1. The van der Waals surface area contributed by atoms with E-state index in [0.29, 0.717) is 43.8 Å². The molecule has 0 aliphatic heterocycles. The van der Waals surface area contributed by atoms with E-state index in [0.717, 1.165) is 55.4 Å². The highest BCUT2D eigenvalue weighted by molar-refractivity contribution is 5.96. The number of benzene rings is 2. The third-order valence-corrected chi connectivity index (χ3v) is 9.00. The number of hydrogen-bond acceptors (Lipinski definition) is 6. The van der Waals surface area contributed by atoms with E-state index >= 15 is 0 Å². The molecule has 236 valence electrons. The van der Waals surface area contributed by atoms with Gasteiger partial charge in [-0.25, -0.2) is 0 Å². The summed E-state index contributed by atoms with van der Waals surface area (Å²) in [4.78, 5) is 26.1. The van der Waals surface area contributed by atoms with Gasteiger partial charge in [0.1, 0.15) is 11.5 Å². The van der Waals surface area contributed by atoms with Crippen LogP contribution in [0.2, 0.25) is 0 Å². The molecular weight excluding hydrogens is 538 g/mol. The minimum atomic E-state index is -0.571. The van der Waals surface area contributed by atoms with Gasteiger partial charge in [0.2, 0.25) is 0 Å². The Balaban J connectivity index is 1.64. The van der Waals surface area contributed by atoms with Crippen molar-refractivity contribution in [2.75, 3.05) is 13.7 Å². The number of nitrogens with one attached hydrogen (secondary N) is 1. The van der Waals surface area contributed by atoms with Crippen molar-refractivity contribution in [1.82, 2.24) is 0 Å². The van der Waals surface area contributed by atoms with Crippen LogP contribution in [0.3, 0.4) is 0 Å². The fraction of sp³-hybridized carbons (Fsp3) is 0.595. The number of Topliss-reactive ketones (excluding diaryl/α,β-unsaturated/α-hetero) is 2. The fourth-order valence-electron chi connectivity index (χ4n) is 6.38. The molecule has 0 spiro atoms. The minimum Gasteiger partial charge on any atom is -0.494 e. The van der Waals surface area contributed by atoms with E-state index in [1.165, 1.54) is 25.5 Å². The lowest BCUT2D eigenvalue weighted by Crippen LogP contribution is -2.31. The van der Waals surface area contributed by atoms with Crippen molar-refractivity contribution < 1.29 is 24.2 Å². The van der Waals surface area contributed by atoms with Crippen molar-refractivity contribution in [2.45, 2.75) is 110 Å². The van der Waals surface area contributed by atoms with Crippen molar-refractivity contribution in [2.24, 2.45) is 17.8 Å². The van der Waals surface area contributed by atoms with E-state index in [-0.39, 0.29) is 29.7 Å². The number of aliphatic hydroxyl groups excluding tert-OH is 1. The van der Waals surface area contributed by atoms with E-state index in [4.69, 9.17) is 14.9 Å². The predicted octanol–water partition coefficient (Wildman–Crippen LogP) is 8.48. The van der Waals surface area contributed by atoms with Crippen LogP contribution in [0.4, 0.5) is 0 Å². The zero-order valence-corrected chi connectivity index (χ0v) is 26.6. The zero-order chi connectivity index (χ0) is 31.0. The lowest BCUT2D eigenvalue weighted by Gasteiger charge is -2.31. The Morgan fingerprint density at radius 3 is 2.33 bits per heavy atom. The molecule has 0 saturated heterocycles. The summed E-state index contributed by atoms with van der Waals surface area (Å²) < 4.78 is 12.0. The third kappa shape index (κ3) is 11.3. The number of carbonyl (C=O) groups excluding carboxylic acids is 2.